The van der Waals surface area contributed by atoms with E-state index in [1.54, 1.807) is 16.8 Å². The summed E-state index contributed by atoms with van der Waals surface area (Å²) in [4.78, 5) is 26.3. The lowest BCUT2D eigenvalue weighted by Gasteiger charge is -2.25. The summed E-state index contributed by atoms with van der Waals surface area (Å²) in [6, 6.07) is 3.84. The second-order valence-electron chi connectivity index (χ2n) is 4.63. The van der Waals surface area contributed by atoms with Crippen molar-refractivity contribution >= 4 is 39.2 Å². The Bertz CT molecular complexity index is 545. The maximum Gasteiger partial charge on any atom is 0.323 e. The Hall–Kier alpha value is -1.56. The molecule has 19 heavy (non-hydrogen) atoms. The highest BCUT2D eigenvalue weighted by molar-refractivity contribution is 9.10. The van der Waals surface area contributed by atoms with Gasteiger partial charge in [-0.3, -0.25) is 9.59 Å². The van der Waals surface area contributed by atoms with Gasteiger partial charge in [-0.25, -0.2) is 0 Å². The Balaban J connectivity index is 2.57. The maximum atomic E-state index is 12.0. The Morgan fingerprint density at radius 3 is 2.79 bits per heavy atom. The van der Waals surface area contributed by atoms with Gasteiger partial charge in [-0.2, -0.15) is 0 Å². The summed E-state index contributed by atoms with van der Waals surface area (Å²) in [5.74, 6) is -0.917. The van der Waals surface area contributed by atoms with E-state index in [2.05, 4.69) is 15.9 Å². The van der Waals surface area contributed by atoms with Crippen molar-refractivity contribution < 1.29 is 14.7 Å². The summed E-state index contributed by atoms with van der Waals surface area (Å²) in [6.45, 7) is 2.25. The minimum Gasteiger partial charge on any atom is -0.480 e. The number of halogens is 1. The first kappa shape index (κ1) is 13.9. The van der Waals surface area contributed by atoms with E-state index >= 15 is 0 Å². The van der Waals surface area contributed by atoms with Crippen molar-refractivity contribution in [2.24, 2.45) is 0 Å². The number of carboxylic acids is 1. The molecule has 6 heteroatoms. The van der Waals surface area contributed by atoms with Gasteiger partial charge >= 0.3 is 5.97 Å². The molecule has 1 amide bonds. The number of carboxylic acid groups (broad SMARTS) is 1. The zero-order valence-corrected chi connectivity index (χ0v) is 12.4. The van der Waals surface area contributed by atoms with E-state index in [4.69, 9.17) is 5.11 Å². The van der Waals surface area contributed by atoms with Crippen molar-refractivity contribution in [3.8, 4) is 0 Å². The van der Waals surface area contributed by atoms with Crippen LogP contribution in [0.15, 0.2) is 16.6 Å². The van der Waals surface area contributed by atoms with Crippen LogP contribution in [0.25, 0.3) is 0 Å². The predicted molar refractivity (Wildman–Crippen MR) is 76.8 cm³/mol. The van der Waals surface area contributed by atoms with Crippen LogP contribution in [0.3, 0.4) is 0 Å². The van der Waals surface area contributed by atoms with E-state index in [0.29, 0.717) is 13.0 Å². The van der Waals surface area contributed by atoms with Crippen LogP contribution in [0, 0.1) is 6.92 Å². The fourth-order valence-electron chi connectivity index (χ4n) is 2.26. The summed E-state index contributed by atoms with van der Waals surface area (Å²) >= 11 is 3.46. The van der Waals surface area contributed by atoms with Crippen LogP contribution in [-0.4, -0.2) is 37.1 Å². The van der Waals surface area contributed by atoms with Crippen LogP contribution in [0.1, 0.15) is 12.0 Å². The van der Waals surface area contributed by atoms with E-state index in [9.17, 15) is 9.59 Å². The first-order valence-corrected chi connectivity index (χ1v) is 6.73. The molecular weight excluding hydrogens is 312 g/mol. The molecule has 1 N–H and O–H groups in total. The summed E-state index contributed by atoms with van der Waals surface area (Å²) in [6.07, 6.45) is 0.309. The van der Waals surface area contributed by atoms with Gasteiger partial charge in [0.1, 0.15) is 6.54 Å². The average molecular weight is 327 g/mol. The molecule has 1 aliphatic heterocycles. The highest BCUT2D eigenvalue weighted by atomic mass is 79.9. The van der Waals surface area contributed by atoms with Crippen LogP contribution in [0.2, 0.25) is 0 Å². The number of rotatable bonds is 2. The first-order chi connectivity index (χ1) is 8.90. The number of carbonyl (C=O) groups is 2. The largest absolute Gasteiger partial charge is 0.480 e. The van der Waals surface area contributed by atoms with E-state index in [-0.39, 0.29) is 12.5 Å². The summed E-state index contributed by atoms with van der Waals surface area (Å²) < 4.78 is 0.802. The molecule has 1 aromatic carbocycles. The van der Waals surface area contributed by atoms with Gasteiger partial charge in [-0.15, -0.1) is 0 Å². The van der Waals surface area contributed by atoms with Crippen LogP contribution in [-0.2, 0) is 9.59 Å². The van der Waals surface area contributed by atoms with Crippen LogP contribution in [0.5, 0.6) is 0 Å². The fourth-order valence-corrected chi connectivity index (χ4v) is 3.09. The molecule has 0 aliphatic carbocycles. The zero-order valence-electron chi connectivity index (χ0n) is 10.8. The number of benzene rings is 1. The van der Waals surface area contributed by atoms with Gasteiger partial charge in [-0.1, -0.05) is 0 Å². The number of aliphatic carboxylic acids is 1. The van der Waals surface area contributed by atoms with Crippen molar-refractivity contribution in [2.75, 3.05) is 29.9 Å². The summed E-state index contributed by atoms with van der Waals surface area (Å²) in [5.41, 5.74) is 2.53. The fraction of sp³-hybridized carbons (Fsp3) is 0.385. The van der Waals surface area contributed by atoms with Crippen molar-refractivity contribution in [1.82, 2.24) is 0 Å². The first-order valence-electron chi connectivity index (χ1n) is 5.93. The van der Waals surface area contributed by atoms with Crippen molar-refractivity contribution in [1.29, 1.82) is 0 Å². The number of hydrogen-bond donors (Lipinski definition) is 1. The lowest BCUT2D eigenvalue weighted by Crippen LogP contribution is -2.30. The molecule has 102 valence electrons. The molecule has 0 bridgehead atoms. The molecule has 1 heterocycles. The van der Waals surface area contributed by atoms with Crippen molar-refractivity contribution in [2.45, 2.75) is 13.3 Å². The van der Waals surface area contributed by atoms with Gasteiger partial charge < -0.3 is 14.9 Å². The Morgan fingerprint density at radius 1 is 1.47 bits per heavy atom. The maximum absolute atomic E-state index is 12.0. The molecule has 0 radical (unpaired) electrons. The topological polar surface area (TPSA) is 60.9 Å². The molecule has 1 aromatic rings. The molecule has 2 rings (SSSR count). The molecule has 0 fully saturated rings. The van der Waals surface area contributed by atoms with E-state index < -0.39 is 5.97 Å². The van der Waals surface area contributed by atoms with Crippen molar-refractivity contribution in [3.05, 3.63) is 22.2 Å². The lowest BCUT2D eigenvalue weighted by atomic mass is 10.1. The average Bonchev–Trinajstić information content (AvgIpc) is 2.41. The smallest absolute Gasteiger partial charge is 0.323 e. The van der Waals surface area contributed by atoms with Gasteiger partial charge in [0.15, 0.2) is 0 Å². The Kier molecular flexibility index (Phi) is 3.80. The monoisotopic (exact) mass is 326 g/mol. The predicted octanol–water partition coefficient (Wildman–Crippen LogP) is 2.02. The van der Waals surface area contributed by atoms with E-state index in [0.717, 1.165) is 21.4 Å². The third-order valence-electron chi connectivity index (χ3n) is 3.16. The number of carbonyl (C=O) groups excluding carboxylic acids is 1. The number of fused-ring (bicyclic) bond motifs is 1. The van der Waals surface area contributed by atoms with Crippen LogP contribution in [0.4, 0.5) is 11.4 Å². The molecule has 0 spiro atoms. The second-order valence-corrected chi connectivity index (χ2v) is 5.49. The van der Waals surface area contributed by atoms with E-state index in [1.807, 2.05) is 19.1 Å². The standard InChI is InChI=1S/C13H15BrN2O3/c1-8-5-9(14)13-10(6-8)16(7-12(18)19)4-3-11(17)15(13)2/h5-6H,3-4,7H2,1-2H3,(H,18,19). The van der Waals surface area contributed by atoms with Gasteiger partial charge in [0.25, 0.3) is 0 Å². The van der Waals surface area contributed by atoms with Gasteiger partial charge in [0, 0.05) is 24.5 Å². The van der Waals surface area contributed by atoms with Crippen molar-refractivity contribution in [3.63, 3.8) is 0 Å². The Labute approximate surface area is 119 Å². The SMILES string of the molecule is Cc1cc(Br)c2c(c1)N(CC(=O)O)CCC(=O)N2C. The zero-order chi connectivity index (χ0) is 14.2. The van der Waals surface area contributed by atoms with Crippen LogP contribution >= 0.6 is 15.9 Å². The molecule has 0 aromatic heterocycles. The summed E-state index contributed by atoms with van der Waals surface area (Å²) in [5, 5.41) is 9.00. The van der Waals surface area contributed by atoms with Gasteiger partial charge in [0.05, 0.1) is 11.4 Å². The molecule has 0 unspecified atom stereocenters. The molecule has 0 saturated heterocycles. The molecule has 5 nitrogen and oxygen atoms in total. The number of nitrogens with zero attached hydrogens (tertiary/aromatic N) is 2. The third-order valence-corrected chi connectivity index (χ3v) is 3.76. The van der Waals surface area contributed by atoms with Crippen LogP contribution < -0.4 is 9.80 Å². The highest BCUT2D eigenvalue weighted by Crippen LogP contribution is 2.39. The summed E-state index contributed by atoms with van der Waals surface area (Å²) in [7, 11) is 1.71. The lowest BCUT2D eigenvalue weighted by molar-refractivity contribution is -0.135. The number of aryl methyl sites for hydroxylation is 1. The molecular formula is C13H15BrN2O3. The van der Waals surface area contributed by atoms with Gasteiger partial charge in [-0.05, 0) is 40.5 Å². The Morgan fingerprint density at radius 2 is 2.16 bits per heavy atom. The van der Waals surface area contributed by atoms with E-state index in [1.165, 1.54) is 0 Å². The minimum atomic E-state index is -0.902. The second kappa shape index (κ2) is 5.21. The molecule has 0 saturated carbocycles. The minimum absolute atomic E-state index is 0.0151. The molecule has 0 atom stereocenters. The highest BCUT2D eigenvalue weighted by Gasteiger charge is 2.26. The number of hydrogen-bond acceptors (Lipinski definition) is 3. The third kappa shape index (κ3) is 2.73. The number of amides is 1. The quantitative estimate of drug-likeness (QED) is 0.903. The van der Waals surface area contributed by atoms with Gasteiger partial charge in [0.2, 0.25) is 5.91 Å². The normalized spacial score (nSPS) is 15.2. The number of anilines is 2. The molecule has 1 aliphatic rings.